The van der Waals surface area contributed by atoms with Crippen LogP contribution in [0, 0.1) is 11.3 Å². The minimum Gasteiger partial charge on any atom is -0.486 e. The van der Waals surface area contributed by atoms with Crippen LogP contribution in [0.25, 0.3) is 6.08 Å². The Morgan fingerprint density at radius 3 is 2.56 bits per heavy atom. The third-order valence-corrected chi connectivity index (χ3v) is 3.86. The molecule has 5 nitrogen and oxygen atoms in total. The van der Waals surface area contributed by atoms with Crippen molar-refractivity contribution < 1.29 is 14.3 Å². The van der Waals surface area contributed by atoms with Crippen LogP contribution in [0.3, 0.4) is 0 Å². The van der Waals surface area contributed by atoms with Crippen molar-refractivity contribution in [3.8, 4) is 17.6 Å². The number of rotatable bonds is 4. The molecule has 5 heteroatoms. The lowest BCUT2D eigenvalue weighted by molar-refractivity contribution is -0.112. The van der Waals surface area contributed by atoms with Gasteiger partial charge in [0.2, 0.25) is 0 Å². The highest BCUT2D eigenvalue weighted by Crippen LogP contribution is 2.32. The number of hydrogen-bond donors (Lipinski definition) is 1. The molecular formula is C20H18N2O3. The van der Waals surface area contributed by atoms with Crippen molar-refractivity contribution in [2.45, 2.75) is 13.3 Å². The van der Waals surface area contributed by atoms with E-state index in [1.165, 1.54) is 5.56 Å². The maximum absolute atomic E-state index is 12.4. The predicted octanol–water partition coefficient (Wildman–Crippen LogP) is 3.57. The zero-order valence-corrected chi connectivity index (χ0v) is 13.9. The number of carbonyl (C=O) groups excluding carboxylic acids is 1. The standard InChI is InChI=1S/C20H18N2O3/c1-2-14-3-5-15(6-4-14)11-16(13-21)20(23)22-17-7-8-18-19(12-17)25-10-9-24-18/h3-8,11-12H,2,9-10H2,1H3,(H,22,23)/b16-11+. The SMILES string of the molecule is CCc1ccc(/C=C(\C#N)C(=O)Nc2ccc3c(c2)OCCO3)cc1. The molecule has 0 atom stereocenters. The highest BCUT2D eigenvalue weighted by atomic mass is 16.6. The average molecular weight is 334 g/mol. The molecular weight excluding hydrogens is 316 g/mol. The van der Waals surface area contributed by atoms with Crippen molar-refractivity contribution in [1.29, 1.82) is 5.26 Å². The van der Waals surface area contributed by atoms with Gasteiger partial charge in [-0.05, 0) is 35.8 Å². The van der Waals surface area contributed by atoms with Gasteiger partial charge < -0.3 is 14.8 Å². The van der Waals surface area contributed by atoms with Crippen LogP contribution >= 0.6 is 0 Å². The van der Waals surface area contributed by atoms with Crippen LogP contribution in [0.5, 0.6) is 11.5 Å². The molecule has 126 valence electrons. The van der Waals surface area contributed by atoms with Gasteiger partial charge in [-0.15, -0.1) is 0 Å². The summed E-state index contributed by atoms with van der Waals surface area (Å²) in [4.78, 5) is 12.4. The number of ether oxygens (including phenoxy) is 2. The number of hydrogen-bond acceptors (Lipinski definition) is 4. The fraction of sp³-hybridized carbons (Fsp3) is 0.200. The monoisotopic (exact) mass is 334 g/mol. The van der Waals surface area contributed by atoms with Crippen molar-refractivity contribution in [3.05, 3.63) is 59.2 Å². The van der Waals surface area contributed by atoms with Gasteiger partial charge in [0.25, 0.3) is 5.91 Å². The van der Waals surface area contributed by atoms with Crippen LogP contribution in [0.1, 0.15) is 18.1 Å². The Hall–Kier alpha value is -3.26. The molecule has 3 rings (SSSR count). The Labute approximate surface area is 146 Å². The largest absolute Gasteiger partial charge is 0.486 e. The van der Waals surface area contributed by atoms with Crippen molar-refractivity contribution in [1.82, 2.24) is 0 Å². The molecule has 1 N–H and O–H groups in total. The molecule has 0 bridgehead atoms. The number of nitrogens with one attached hydrogen (secondary N) is 1. The first-order valence-corrected chi connectivity index (χ1v) is 8.11. The molecule has 1 amide bonds. The Kier molecular flexibility index (Phi) is 5.00. The van der Waals surface area contributed by atoms with E-state index in [1.54, 1.807) is 24.3 Å². The molecule has 1 heterocycles. The lowest BCUT2D eigenvalue weighted by Crippen LogP contribution is -2.17. The summed E-state index contributed by atoms with van der Waals surface area (Å²) >= 11 is 0. The zero-order chi connectivity index (χ0) is 17.6. The van der Waals surface area contributed by atoms with Crippen LogP contribution in [0.4, 0.5) is 5.69 Å². The summed E-state index contributed by atoms with van der Waals surface area (Å²) in [6.07, 6.45) is 2.52. The fourth-order valence-corrected chi connectivity index (χ4v) is 2.48. The molecule has 0 radical (unpaired) electrons. The Morgan fingerprint density at radius 1 is 1.16 bits per heavy atom. The van der Waals surface area contributed by atoms with Gasteiger partial charge in [-0.2, -0.15) is 5.26 Å². The Bertz CT molecular complexity index is 848. The van der Waals surface area contributed by atoms with E-state index in [-0.39, 0.29) is 5.57 Å². The lowest BCUT2D eigenvalue weighted by atomic mass is 10.1. The van der Waals surface area contributed by atoms with Crippen LogP contribution in [0.2, 0.25) is 0 Å². The van der Waals surface area contributed by atoms with E-state index in [4.69, 9.17) is 9.47 Å². The number of amides is 1. The number of anilines is 1. The van der Waals surface area contributed by atoms with Crippen LogP contribution in [0.15, 0.2) is 48.0 Å². The van der Waals surface area contributed by atoms with Crippen molar-refractivity contribution in [2.75, 3.05) is 18.5 Å². The Balaban J connectivity index is 1.76. The van der Waals surface area contributed by atoms with Crippen LogP contribution in [-0.2, 0) is 11.2 Å². The summed E-state index contributed by atoms with van der Waals surface area (Å²) in [6.45, 7) is 3.06. The molecule has 2 aromatic rings. The molecule has 0 spiro atoms. The van der Waals surface area contributed by atoms with Gasteiger partial charge >= 0.3 is 0 Å². The molecule has 0 unspecified atom stereocenters. The maximum atomic E-state index is 12.4. The molecule has 25 heavy (non-hydrogen) atoms. The predicted molar refractivity (Wildman–Crippen MR) is 95.5 cm³/mol. The number of nitriles is 1. The number of fused-ring (bicyclic) bond motifs is 1. The minimum atomic E-state index is -0.459. The summed E-state index contributed by atoms with van der Waals surface area (Å²) in [5.41, 5.74) is 2.61. The number of nitrogens with zero attached hydrogens (tertiary/aromatic N) is 1. The highest BCUT2D eigenvalue weighted by molar-refractivity contribution is 6.09. The second-order valence-corrected chi connectivity index (χ2v) is 5.58. The van der Waals surface area contributed by atoms with Crippen molar-refractivity contribution in [3.63, 3.8) is 0 Å². The van der Waals surface area contributed by atoms with Gasteiger partial charge in [0.15, 0.2) is 11.5 Å². The molecule has 0 saturated heterocycles. The first kappa shape index (κ1) is 16.6. The third kappa shape index (κ3) is 3.99. The first-order chi connectivity index (χ1) is 12.2. The van der Waals surface area contributed by atoms with Crippen LogP contribution in [-0.4, -0.2) is 19.1 Å². The highest BCUT2D eigenvalue weighted by Gasteiger charge is 2.14. The second-order valence-electron chi connectivity index (χ2n) is 5.58. The molecule has 0 aromatic heterocycles. The zero-order valence-electron chi connectivity index (χ0n) is 13.9. The molecule has 1 aliphatic heterocycles. The van der Waals surface area contributed by atoms with Gasteiger partial charge in [-0.3, -0.25) is 4.79 Å². The molecule has 0 saturated carbocycles. The fourth-order valence-electron chi connectivity index (χ4n) is 2.48. The van der Waals surface area contributed by atoms with Gasteiger partial charge in [-0.1, -0.05) is 31.2 Å². The van der Waals surface area contributed by atoms with Gasteiger partial charge in [0, 0.05) is 11.8 Å². The van der Waals surface area contributed by atoms with E-state index in [1.807, 2.05) is 30.3 Å². The Morgan fingerprint density at radius 2 is 1.88 bits per heavy atom. The maximum Gasteiger partial charge on any atom is 0.266 e. The number of aryl methyl sites for hydroxylation is 1. The van der Waals surface area contributed by atoms with E-state index < -0.39 is 5.91 Å². The van der Waals surface area contributed by atoms with Crippen molar-refractivity contribution >= 4 is 17.7 Å². The third-order valence-electron chi connectivity index (χ3n) is 3.86. The summed E-state index contributed by atoms with van der Waals surface area (Å²) in [6, 6.07) is 14.9. The van der Waals surface area contributed by atoms with Gasteiger partial charge in [0.1, 0.15) is 24.9 Å². The molecule has 2 aromatic carbocycles. The van der Waals surface area contributed by atoms with E-state index >= 15 is 0 Å². The van der Waals surface area contributed by atoms with E-state index in [9.17, 15) is 10.1 Å². The van der Waals surface area contributed by atoms with Gasteiger partial charge in [-0.25, -0.2) is 0 Å². The quantitative estimate of drug-likeness (QED) is 0.685. The smallest absolute Gasteiger partial charge is 0.266 e. The topological polar surface area (TPSA) is 71.4 Å². The van der Waals surface area contributed by atoms with Crippen LogP contribution < -0.4 is 14.8 Å². The lowest BCUT2D eigenvalue weighted by Gasteiger charge is -2.18. The van der Waals surface area contributed by atoms with E-state index in [0.29, 0.717) is 30.4 Å². The summed E-state index contributed by atoms with van der Waals surface area (Å²) in [5.74, 6) is 0.775. The summed E-state index contributed by atoms with van der Waals surface area (Å²) in [5, 5.41) is 12.0. The van der Waals surface area contributed by atoms with Gasteiger partial charge in [0.05, 0.1) is 0 Å². The molecule has 0 fully saturated rings. The number of benzene rings is 2. The normalized spacial score (nSPS) is 13.0. The second kappa shape index (κ2) is 7.54. The summed E-state index contributed by atoms with van der Waals surface area (Å²) < 4.78 is 10.9. The summed E-state index contributed by atoms with van der Waals surface area (Å²) in [7, 11) is 0. The first-order valence-electron chi connectivity index (χ1n) is 8.11. The van der Waals surface area contributed by atoms with E-state index in [2.05, 4.69) is 12.2 Å². The average Bonchev–Trinajstić information content (AvgIpc) is 2.66. The van der Waals surface area contributed by atoms with Crippen molar-refractivity contribution in [2.24, 2.45) is 0 Å². The molecule has 0 aliphatic carbocycles. The van der Waals surface area contributed by atoms with E-state index in [0.717, 1.165) is 12.0 Å². The minimum absolute atomic E-state index is 0.0409. The number of carbonyl (C=O) groups is 1. The molecule has 1 aliphatic rings.